The SMILES string of the molecule is CN=C(NCCNC(=O)C(C)C)N1CCC(N2CCCC2)C1. The number of nitrogens with zero attached hydrogens (tertiary/aromatic N) is 3. The summed E-state index contributed by atoms with van der Waals surface area (Å²) in [5, 5.41) is 6.28. The predicted octanol–water partition coefficient (Wildman–Crippen LogP) is 0.504. The fraction of sp³-hybridized carbons (Fsp3) is 0.875. The zero-order valence-electron chi connectivity index (χ0n) is 14.3. The second-order valence-electron chi connectivity index (χ2n) is 6.55. The molecular formula is C16H31N5O. The summed E-state index contributed by atoms with van der Waals surface area (Å²) in [7, 11) is 1.83. The molecule has 0 bridgehead atoms. The lowest BCUT2D eigenvalue weighted by Crippen LogP contribution is -2.45. The maximum absolute atomic E-state index is 11.5. The number of nitrogens with one attached hydrogen (secondary N) is 2. The average Bonchev–Trinajstić information content (AvgIpc) is 3.17. The number of hydrogen-bond acceptors (Lipinski definition) is 3. The maximum atomic E-state index is 11.5. The van der Waals surface area contributed by atoms with E-state index in [1.165, 1.54) is 32.4 Å². The summed E-state index contributed by atoms with van der Waals surface area (Å²) in [6.45, 7) is 9.82. The third kappa shape index (κ3) is 4.60. The maximum Gasteiger partial charge on any atom is 0.222 e. The molecule has 0 spiro atoms. The van der Waals surface area contributed by atoms with E-state index in [9.17, 15) is 4.79 Å². The van der Waals surface area contributed by atoms with Gasteiger partial charge in [0, 0.05) is 45.2 Å². The molecule has 2 aliphatic heterocycles. The van der Waals surface area contributed by atoms with Crippen molar-refractivity contribution in [2.75, 3.05) is 46.3 Å². The molecule has 0 saturated carbocycles. The fourth-order valence-corrected chi connectivity index (χ4v) is 3.24. The highest BCUT2D eigenvalue weighted by Crippen LogP contribution is 2.20. The highest BCUT2D eigenvalue weighted by Gasteiger charge is 2.30. The van der Waals surface area contributed by atoms with Gasteiger partial charge in [-0.1, -0.05) is 13.8 Å². The topological polar surface area (TPSA) is 60.0 Å². The van der Waals surface area contributed by atoms with Gasteiger partial charge in [0.05, 0.1) is 0 Å². The second-order valence-corrected chi connectivity index (χ2v) is 6.55. The van der Waals surface area contributed by atoms with Crippen LogP contribution in [0.15, 0.2) is 4.99 Å². The molecular weight excluding hydrogens is 278 g/mol. The van der Waals surface area contributed by atoms with Crippen molar-refractivity contribution in [1.82, 2.24) is 20.4 Å². The van der Waals surface area contributed by atoms with Gasteiger partial charge in [-0.3, -0.25) is 14.7 Å². The molecule has 126 valence electrons. The number of hydrogen-bond donors (Lipinski definition) is 2. The summed E-state index contributed by atoms with van der Waals surface area (Å²) >= 11 is 0. The van der Waals surface area contributed by atoms with Gasteiger partial charge in [-0.05, 0) is 32.4 Å². The zero-order valence-corrected chi connectivity index (χ0v) is 14.3. The third-order valence-electron chi connectivity index (χ3n) is 4.56. The van der Waals surface area contributed by atoms with Gasteiger partial charge >= 0.3 is 0 Å². The molecule has 2 fully saturated rings. The lowest BCUT2D eigenvalue weighted by Gasteiger charge is -2.25. The van der Waals surface area contributed by atoms with E-state index in [1.807, 2.05) is 20.9 Å². The molecule has 22 heavy (non-hydrogen) atoms. The lowest BCUT2D eigenvalue weighted by atomic mass is 10.2. The van der Waals surface area contributed by atoms with Crippen LogP contribution >= 0.6 is 0 Å². The quantitative estimate of drug-likeness (QED) is 0.441. The monoisotopic (exact) mass is 309 g/mol. The summed E-state index contributed by atoms with van der Waals surface area (Å²) in [6, 6.07) is 0.682. The Hall–Kier alpha value is -1.30. The van der Waals surface area contributed by atoms with Gasteiger partial charge in [0.15, 0.2) is 5.96 Å². The van der Waals surface area contributed by atoms with Crippen molar-refractivity contribution < 1.29 is 4.79 Å². The molecule has 2 N–H and O–H groups in total. The predicted molar refractivity (Wildman–Crippen MR) is 90.0 cm³/mol. The van der Waals surface area contributed by atoms with Crippen molar-refractivity contribution in [2.45, 2.75) is 39.2 Å². The first kappa shape index (κ1) is 17.1. The van der Waals surface area contributed by atoms with Crippen molar-refractivity contribution in [3.8, 4) is 0 Å². The van der Waals surface area contributed by atoms with Gasteiger partial charge in [-0.15, -0.1) is 0 Å². The number of guanidine groups is 1. The van der Waals surface area contributed by atoms with Gasteiger partial charge < -0.3 is 15.5 Å². The first-order chi connectivity index (χ1) is 10.6. The Kier molecular flexibility index (Phi) is 6.49. The van der Waals surface area contributed by atoms with Crippen LogP contribution in [0.1, 0.15) is 33.1 Å². The van der Waals surface area contributed by atoms with Crippen LogP contribution in [-0.4, -0.2) is 74.0 Å². The first-order valence-corrected chi connectivity index (χ1v) is 8.59. The summed E-state index contributed by atoms with van der Waals surface area (Å²) in [4.78, 5) is 20.9. The van der Waals surface area contributed by atoms with E-state index in [0.29, 0.717) is 12.6 Å². The zero-order chi connectivity index (χ0) is 15.9. The van der Waals surface area contributed by atoms with E-state index in [-0.39, 0.29) is 11.8 Å². The molecule has 2 rings (SSSR count). The lowest BCUT2D eigenvalue weighted by molar-refractivity contribution is -0.123. The van der Waals surface area contributed by atoms with E-state index < -0.39 is 0 Å². The first-order valence-electron chi connectivity index (χ1n) is 8.59. The van der Waals surface area contributed by atoms with Crippen molar-refractivity contribution in [1.29, 1.82) is 0 Å². The van der Waals surface area contributed by atoms with Crippen molar-refractivity contribution in [3.05, 3.63) is 0 Å². The van der Waals surface area contributed by atoms with Gasteiger partial charge in [-0.2, -0.15) is 0 Å². The molecule has 0 radical (unpaired) electrons. The molecule has 2 aliphatic rings. The summed E-state index contributed by atoms with van der Waals surface area (Å²) < 4.78 is 0. The Bertz CT molecular complexity index is 390. The van der Waals surface area contributed by atoms with E-state index >= 15 is 0 Å². The Morgan fingerprint density at radius 2 is 1.86 bits per heavy atom. The van der Waals surface area contributed by atoms with Crippen LogP contribution in [0.25, 0.3) is 0 Å². The van der Waals surface area contributed by atoms with Crippen LogP contribution < -0.4 is 10.6 Å². The number of amides is 1. The molecule has 2 heterocycles. The van der Waals surface area contributed by atoms with Crippen molar-refractivity contribution in [3.63, 3.8) is 0 Å². The van der Waals surface area contributed by atoms with Crippen LogP contribution in [0, 0.1) is 5.92 Å². The average molecular weight is 309 g/mol. The van der Waals surface area contributed by atoms with Gasteiger partial charge in [0.1, 0.15) is 0 Å². The Balaban J connectivity index is 1.70. The minimum atomic E-state index is 0.0408. The number of likely N-dealkylation sites (tertiary alicyclic amines) is 2. The molecule has 1 amide bonds. The molecule has 6 heteroatoms. The Morgan fingerprint density at radius 1 is 1.18 bits per heavy atom. The fourth-order valence-electron chi connectivity index (χ4n) is 3.24. The Labute approximate surface area is 134 Å². The number of carbonyl (C=O) groups excluding carboxylic acids is 1. The number of carbonyl (C=O) groups is 1. The summed E-state index contributed by atoms with van der Waals surface area (Å²) in [5.74, 6) is 1.10. The molecule has 0 aromatic rings. The highest BCUT2D eigenvalue weighted by atomic mass is 16.1. The number of aliphatic imine (C=N–C) groups is 1. The molecule has 0 aromatic carbocycles. The third-order valence-corrected chi connectivity index (χ3v) is 4.56. The standard InChI is InChI=1S/C16H31N5O/c1-13(2)15(22)18-7-8-19-16(17-3)21-11-6-14(12-21)20-9-4-5-10-20/h13-14H,4-12H2,1-3H3,(H,17,19)(H,18,22). The number of rotatable bonds is 5. The molecule has 0 aromatic heterocycles. The van der Waals surface area contributed by atoms with Crippen LogP contribution in [-0.2, 0) is 4.79 Å². The van der Waals surface area contributed by atoms with Crippen LogP contribution in [0.5, 0.6) is 0 Å². The minimum absolute atomic E-state index is 0.0408. The van der Waals surface area contributed by atoms with E-state index in [2.05, 4.69) is 25.4 Å². The molecule has 2 saturated heterocycles. The smallest absolute Gasteiger partial charge is 0.222 e. The Morgan fingerprint density at radius 3 is 2.50 bits per heavy atom. The van der Waals surface area contributed by atoms with Gasteiger partial charge in [0.2, 0.25) is 5.91 Å². The molecule has 1 unspecified atom stereocenters. The van der Waals surface area contributed by atoms with E-state index in [4.69, 9.17) is 0 Å². The highest BCUT2D eigenvalue weighted by molar-refractivity contribution is 5.80. The normalized spacial score (nSPS) is 23.4. The second kappa shape index (κ2) is 8.36. The summed E-state index contributed by atoms with van der Waals surface area (Å²) in [5.41, 5.74) is 0. The van der Waals surface area contributed by atoms with E-state index in [1.54, 1.807) is 0 Å². The van der Waals surface area contributed by atoms with Crippen LogP contribution in [0.3, 0.4) is 0 Å². The molecule has 0 aliphatic carbocycles. The molecule has 6 nitrogen and oxygen atoms in total. The van der Waals surface area contributed by atoms with E-state index in [0.717, 1.165) is 25.6 Å². The summed E-state index contributed by atoms with van der Waals surface area (Å²) in [6.07, 6.45) is 3.92. The van der Waals surface area contributed by atoms with Crippen LogP contribution in [0.4, 0.5) is 0 Å². The van der Waals surface area contributed by atoms with Crippen molar-refractivity contribution >= 4 is 11.9 Å². The van der Waals surface area contributed by atoms with Crippen LogP contribution in [0.2, 0.25) is 0 Å². The van der Waals surface area contributed by atoms with Crippen molar-refractivity contribution in [2.24, 2.45) is 10.9 Å². The van der Waals surface area contributed by atoms with Gasteiger partial charge in [0.25, 0.3) is 0 Å². The largest absolute Gasteiger partial charge is 0.354 e. The molecule has 1 atom stereocenters. The minimum Gasteiger partial charge on any atom is -0.354 e. The van der Waals surface area contributed by atoms with Gasteiger partial charge in [-0.25, -0.2) is 0 Å².